The van der Waals surface area contributed by atoms with Crippen molar-refractivity contribution in [3.8, 4) is 0 Å². The Morgan fingerprint density at radius 3 is 2.41 bits per heavy atom. The van der Waals surface area contributed by atoms with E-state index in [1.165, 1.54) is 24.3 Å². The summed E-state index contributed by atoms with van der Waals surface area (Å²) in [6, 6.07) is 12.9. The molecular weight excluding hydrogens is 375 g/mol. The van der Waals surface area contributed by atoms with Gasteiger partial charge in [0.1, 0.15) is 17.3 Å². The third kappa shape index (κ3) is 3.10. The summed E-state index contributed by atoms with van der Waals surface area (Å²) in [4.78, 5) is 26.8. The van der Waals surface area contributed by atoms with Crippen molar-refractivity contribution >= 4 is 23.3 Å². The standard InChI is InChI=1S/C22H17FN2O4/c1-12-7-9-14(10-8-12)20(26)18-19(15-5-3-4-6-16(15)23)25(22(28)21(18)27)17-11-13(2)29-24-17/h3-11,19,26H,1-2H3/t19-/m1/s1. The smallest absolute Gasteiger partial charge is 0.301 e. The van der Waals surface area contributed by atoms with Gasteiger partial charge in [0.25, 0.3) is 5.78 Å². The third-order valence-electron chi connectivity index (χ3n) is 4.83. The number of aliphatic hydroxyl groups excluding tert-OH is 1. The minimum Gasteiger partial charge on any atom is -0.507 e. The van der Waals surface area contributed by atoms with E-state index in [1.54, 1.807) is 37.3 Å². The summed E-state index contributed by atoms with van der Waals surface area (Å²) in [6.07, 6.45) is 0. The highest BCUT2D eigenvalue weighted by atomic mass is 19.1. The van der Waals surface area contributed by atoms with Crippen LogP contribution in [-0.4, -0.2) is 22.0 Å². The molecule has 2 aromatic carbocycles. The van der Waals surface area contributed by atoms with Crippen molar-refractivity contribution in [1.82, 2.24) is 5.16 Å². The van der Waals surface area contributed by atoms with Gasteiger partial charge in [-0.15, -0.1) is 0 Å². The summed E-state index contributed by atoms with van der Waals surface area (Å²) >= 11 is 0. The van der Waals surface area contributed by atoms with Crippen LogP contribution in [0.5, 0.6) is 0 Å². The molecule has 0 aliphatic carbocycles. The van der Waals surface area contributed by atoms with E-state index in [1.807, 2.05) is 6.92 Å². The number of rotatable bonds is 3. The maximum atomic E-state index is 14.7. The number of carbonyl (C=O) groups excluding carboxylic acids is 2. The van der Waals surface area contributed by atoms with Gasteiger partial charge in [-0.25, -0.2) is 4.39 Å². The predicted octanol–water partition coefficient (Wildman–Crippen LogP) is 4.06. The van der Waals surface area contributed by atoms with Crippen LogP contribution in [-0.2, 0) is 9.59 Å². The molecule has 1 aliphatic rings. The van der Waals surface area contributed by atoms with Gasteiger partial charge >= 0.3 is 5.91 Å². The Hall–Kier alpha value is -3.74. The Kier molecular flexibility index (Phi) is 4.50. The van der Waals surface area contributed by atoms with Gasteiger partial charge in [-0.05, 0) is 19.9 Å². The van der Waals surface area contributed by atoms with E-state index in [4.69, 9.17) is 4.52 Å². The number of Topliss-reactive ketones (excluding diaryl/α,β-unsaturated/α-hetero) is 1. The van der Waals surface area contributed by atoms with Gasteiger partial charge in [0.05, 0.1) is 11.6 Å². The maximum Gasteiger partial charge on any atom is 0.301 e. The lowest BCUT2D eigenvalue weighted by atomic mass is 9.94. The van der Waals surface area contributed by atoms with Crippen LogP contribution < -0.4 is 4.90 Å². The molecule has 1 aliphatic heterocycles. The number of ketones is 1. The normalized spacial score (nSPS) is 18.4. The quantitative estimate of drug-likeness (QED) is 0.413. The Morgan fingerprint density at radius 1 is 1.10 bits per heavy atom. The molecular formula is C22H17FN2O4. The Labute approximate surface area is 165 Å². The highest BCUT2D eigenvalue weighted by Crippen LogP contribution is 2.42. The van der Waals surface area contributed by atoms with Gasteiger partial charge in [-0.1, -0.05) is 53.2 Å². The second kappa shape index (κ2) is 7.01. The number of nitrogens with zero attached hydrogens (tertiary/aromatic N) is 2. The molecule has 1 N–H and O–H groups in total. The van der Waals surface area contributed by atoms with Crippen LogP contribution in [0.4, 0.5) is 10.2 Å². The summed E-state index contributed by atoms with van der Waals surface area (Å²) in [5.74, 6) is -2.33. The van der Waals surface area contributed by atoms with E-state index in [2.05, 4.69) is 5.16 Å². The molecule has 0 bridgehead atoms. The van der Waals surface area contributed by atoms with Crippen molar-refractivity contribution in [2.75, 3.05) is 4.90 Å². The van der Waals surface area contributed by atoms with Crippen molar-refractivity contribution < 1.29 is 23.6 Å². The van der Waals surface area contributed by atoms with Gasteiger partial charge in [0, 0.05) is 17.2 Å². The van der Waals surface area contributed by atoms with Crippen molar-refractivity contribution in [1.29, 1.82) is 0 Å². The number of aromatic nitrogens is 1. The maximum absolute atomic E-state index is 14.7. The number of carbonyl (C=O) groups is 2. The number of amides is 1. The van der Waals surface area contributed by atoms with Gasteiger partial charge in [0.2, 0.25) is 0 Å². The van der Waals surface area contributed by atoms with Crippen molar-refractivity contribution in [2.24, 2.45) is 0 Å². The molecule has 4 rings (SSSR count). The van der Waals surface area contributed by atoms with Crippen molar-refractivity contribution in [3.05, 3.63) is 88.4 Å². The number of aliphatic hydroxyl groups is 1. The molecule has 1 aromatic heterocycles. The fraction of sp³-hybridized carbons (Fsp3) is 0.136. The average Bonchev–Trinajstić information content (AvgIpc) is 3.23. The second-order valence-electron chi connectivity index (χ2n) is 6.85. The zero-order chi connectivity index (χ0) is 20.7. The fourth-order valence-corrected chi connectivity index (χ4v) is 3.39. The van der Waals surface area contributed by atoms with Crippen LogP contribution in [0.1, 0.15) is 28.5 Å². The molecule has 7 heteroatoms. The van der Waals surface area contributed by atoms with E-state index in [-0.39, 0.29) is 22.7 Å². The van der Waals surface area contributed by atoms with E-state index in [9.17, 15) is 19.1 Å². The molecule has 6 nitrogen and oxygen atoms in total. The number of hydrogen-bond donors (Lipinski definition) is 1. The minimum absolute atomic E-state index is 0.0702. The molecule has 0 saturated carbocycles. The van der Waals surface area contributed by atoms with Crippen LogP contribution in [0, 0.1) is 19.7 Å². The van der Waals surface area contributed by atoms with Crippen LogP contribution in [0.15, 0.2) is 64.7 Å². The third-order valence-corrected chi connectivity index (χ3v) is 4.83. The second-order valence-corrected chi connectivity index (χ2v) is 6.85. The number of halogens is 1. The van der Waals surface area contributed by atoms with Crippen LogP contribution in [0.2, 0.25) is 0 Å². The van der Waals surface area contributed by atoms with Crippen LogP contribution in [0.25, 0.3) is 5.76 Å². The lowest BCUT2D eigenvalue weighted by molar-refractivity contribution is -0.132. The molecule has 2 heterocycles. The average molecular weight is 392 g/mol. The topological polar surface area (TPSA) is 83.6 Å². The predicted molar refractivity (Wildman–Crippen MR) is 104 cm³/mol. The first-order valence-corrected chi connectivity index (χ1v) is 8.94. The first-order valence-electron chi connectivity index (χ1n) is 8.94. The molecule has 1 saturated heterocycles. The lowest BCUT2D eigenvalue weighted by Gasteiger charge is -2.23. The highest BCUT2D eigenvalue weighted by Gasteiger charge is 2.48. The van der Waals surface area contributed by atoms with E-state index in [0.29, 0.717) is 11.3 Å². The van der Waals surface area contributed by atoms with Gasteiger partial charge in [-0.2, -0.15) is 0 Å². The summed E-state index contributed by atoms with van der Waals surface area (Å²) < 4.78 is 19.7. The number of anilines is 1. The zero-order valence-corrected chi connectivity index (χ0v) is 15.7. The summed E-state index contributed by atoms with van der Waals surface area (Å²) in [5.41, 5.74) is 1.18. The highest BCUT2D eigenvalue weighted by molar-refractivity contribution is 6.51. The lowest BCUT2D eigenvalue weighted by Crippen LogP contribution is -2.30. The number of aryl methyl sites for hydroxylation is 2. The summed E-state index contributed by atoms with van der Waals surface area (Å²) in [6.45, 7) is 3.52. The largest absolute Gasteiger partial charge is 0.507 e. The first kappa shape index (κ1) is 18.6. The molecule has 0 spiro atoms. The molecule has 1 fully saturated rings. The Morgan fingerprint density at radius 2 is 1.79 bits per heavy atom. The molecule has 146 valence electrons. The fourth-order valence-electron chi connectivity index (χ4n) is 3.39. The summed E-state index contributed by atoms with van der Waals surface area (Å²) in [5, 5.41) is 14.7. The van der Waals surface area contributed by atoms with Gasteiger partial charge < -0.3 is 9.63 Å². The molecule has 0 unspecified atom stereocenters. The molecule has 1 atom stereocenters. The van der Waals surface area contributed by atoms with E-state index in [0.717, 1.165) is 10.5 Å². The molecule has 0 radical (unpaired) electrons. The molecule has 29 heavy (non-hydrogen) atoms. The van der Waals surface area contributed by atoms with Crippen LogP contribution in [0.3, 0.4) is 0 Å². The van der Waals surface area contributed by atoms with Gasteiger partial charge in [0.15, 0.2) is 5.82 Å². The first-order chi connectivity index (χ1) is 13.9. The van der Waals surface area contributed by atoms with Crippen molar-refractivity contribution in [2.45, 2.75) is 19.9 Å². The summed E-state index contributed by atoms with van der Waals surface area (Å²) in [7, 11) is 0. The molecule has 3 aromatic rings. The molecule has 1 amide bonds. The zero-order valence-electron chi connectivity index (χ0n) is 15.7. The Bertz CT molecular complexity index is 1150. The Balaban J connectivity index is 1.97. The van der Waals surface area contributed by atoms with Crippen LogP contribution >= 0.6 is 0 Å². The number of benzene rings is 2. The van der Waals surface area contributed by atoms with E-state index < -0.39 is 23.5 Å². The number of hydrogen-bond acceptors (Lipinski definition) is 5. The minimum atomic E-state index is -1.18. The van der Waals surface area contributed by atoms with E-state index >= 15 is 0 Å². The van der Waals surface area contributed by atoms with Crippen molar-refractivity contribution in [3.63, 3.8) is 0 Å². The monoisotopic (exact) mass is 392 g/mol. The van der Waals surface area contributed by atoms with Gasteiger partial charge in [-0.3, -0.25) is 14.5 Å². The SMILES string of the molecule is Cc1ccc(C(O)=C2C(=O)C(=O)N(c3cc(C)on3)[C@@H]2c2ccccc2F)cc1.